The Morgan fingerprint density at radius 3 is 2.40 bits per heavy atom. The van der Waals surface area contributed by atoms with Gasteiger partial charge in [-0.2, -0.15) is 0 Å². The normalized spacial score (nSPS) is 22.9. The number of carboxylic acid groups (broad SMARTS) is 1. The second kappa shape index (κ2) is 6.41. The molecule has 0 aromatic heterocycles. The molecule has 2 atom stereocenters. The van der Waals surface area contributed by atoms with E-state index in [0.29, 0.717) is 6.54 Å². The van der Waals surface area contributed by atoms with Gasteiger partial charge in [0, 0.05) is 19.1 Å². The van der Waals surface area contributed by atoms with E-state index in [2.05, 4.69) is 5.32 Å². The number of hydrogen-bond donors (Lipinski definition) is 2. The maximum Gasteiger partial charge on any atom is 0.317 e. The summed E-state index contributed by atoms with van der Waals surface area (Å²) in [5.41, 5.74) is -0.172. The second-order valence-corrected chi connectivity index (χ2v) is 6.03. The number of carboxylic acids is 1. The molecule has 116 valence electrons. The zero-order chi connectivity index (χ0) is 15.5. The van der Waals surface area contributed by atoms with Gasteiger partial charge in [-0.25, -0.2) is 4.79 Å². The number of nitrogens with one attached hydrogen (secondary N) is 1. The maximum atomic E-state index is 12.1. The molecule has 1 aliphatic heterocycles. The summed E-state index contributed by atoms with van der Waals surface area (Å²) < 4.78 is 5.18. The molecule has 20 heavy (non-hydrogen) atoms. The first-order chi connectivity index (χ1) is 9.16. The van der Waals surface area contributed by atoms with E-state index in [1.807, 2.05) is 32.8 Å². The van der Waals surface area contributed by atoms with E-state index in [1.165, 1.54) is 4.90 Å². The summed E-state index contributed by atoms with van der Waals surface area (Å²) in [6.45, 7) is 4.94. The standard InChI is InChI=1S/C13H25N3O4/c1-13(2,15(3)4)8-14-12(19)16(5)10-7-20-6-9(10)11(17)18/h9-10H,6-8H2,1-5H3,(H,14,19)(H,17,18). The molecular weight excluding hydrogens is 262 g/mol. The molecule has 2 amide bonds. The fraction of sp³-hybridized carbons (Fsp3) is 0.846. The molecule has 1 heterocycles. The summed E-state index contributed by atoms with van der Waals surface area (Å²) in [6.07, 6.45) is 0. The number of carbonyl (C=O) groups excluding carboxylic acids is 1. The maximum absolute atomic E-state index is 12.1. The van der Waals surface area contributed by atoms with Crippen LogP contribution in [0.3, 0.4) is 0 Å². The van der Waals surface area contributed by atoms with Crippen LogP contribution in [0.15, 0.2) is 0 Å². The smallest absolute Gasteiger partial charge is 0.317 e. The molecule has 2 unspecified atom stereocenters. The van der Waals surface area contributed by atoms with Crippen molar-refractivity contribution >= 4 is 12.0 Å². The van der Waals surface area contributed by atoms with Crippen molar-refractivity contribution < 1.29 is 19.4 Å². The Bertz CT molecular complexity index is 371. The molecule has 0 bridgehead atoms. The Morgan fingerprint density at radius 1 is 1.30 bits per heavy atom. The van der Waals surface area contributed by atoms with E-state index in [9.17, 15) is 9.59 Å². The minimum Gasteiger partial charge on any atom is -0.481 e. The predicted octanol–water partition coefficient (Wildman–Crippen LogP) is 0.0676. The van der Waals surface area contributed by atoms with E-state index in [0.717, 1.165) is 0 Å². The molecule has 0 spiro atoms. The quantitative estimate of drug-likeness (QED) is 0.747. The van der Waals surface area contributed by atoms with Crippen LogP contribution in [0, 0.1) is 5.92 Å². The number of carbonyl (C=O) groups is 2. The number of likely N-dealkylation sites (N-methyl/N-ethyl adjacent to an activating group) is 2. The zero-order valence-electron chi connectivity index (χ0n) is 12.8. The summed E-state index contributed by atoms with van der Waals surface area (Å²) in [5, 5.41) is 11.9. The zero-order valence-corrected chi connectivity index (χ0v) is 12.8. The van der Waals surface area contributed by atoms with E-state index in [-0.39, 0.29) is 24.8 Å². The van der Waals surface area contributed by atoms with Crippen LogP contribution >= 0.6 is 0 Å². The number of ether oxygens (including phenoxy) is 1. The highest BCUT2D eigenvalue weighted by Crippen LogP contribution is 2.19. The topological polar surface area (TPSA) is 82.1 Å². The average Bonchev–Trinajstić information content (AvgIpc) is 2.84. The Morgan fingerprint density at radius 2 is 1.90 bits per heavy atom. The lowest BCUT2D eigenvalue weighted by molar-refractivity contribution is -0.142. The Labute approximate surface area is 119 Å². The summed E-state index contributed by atoms with van der Waals surface area (Å²) in [6, 6.07) is -0.698. The molecule has 0 radical (unpaired) electrons. The first-order valence-corrected chi connectivity index (χ1v) is 6.65. The lowest BCUT2D eigenvalue weighted by atomic mass is 10.0. The van der Waals surface area contributed by atoms with Crippen LogP contribution in [0.5, 0.6) is 0 Å². The summed E-state index contributed by atoms with van der Waals surface area (Å²) in [4.78, 5) is 26.7. The first kappa shape index (κ1) is 16.7. The van der Waals surface area contributed by atoms with Gasteiger partial charge in [0.2, 0.25) is 0 Å². The SMILES string of the molecule is CN(C(=O)NCC(C)(C)N(C)C)C1COCC1C(=O)O. The van der Waals surface area contributed by atoms with Crippen LogP contribution in [-0.2, 0) is 9.53 Å². The average molecular weight is 287 g/mol. The highest BCUT2D eigenvalue weighted by atomic mass is 16.5. The van der Waals surface area contributed by atoms with Gasteiger partial charge in [-0.05, 0) is 27.9 Å². The van der Waals surface area contributed by atoms with Gasteiger partial charge in [-0.1, -0.05) is 0 Å². The van der Waals surface area contributed by atoms with E-state index in [4.69, 9.17) is 9.84 Å². The minimum absolute atomic E-state index is 0.154. The molecule has 7 nitrogen and oxygen atoms in total. The molecule has 0 saturated carbocycles. The number of hydrogen-bond acceptors (Lipinski definition) is 4. The van der Waals surface area contributed by atoms with Gasteiger partial charge in [0.25, 0.3) is 0 Å². The van der Waals surface area contributed by atoms with Crippen molar-refractivity contribution in [3.63, 3.8) is 0 Å². The van der Waals surface area contributed by atoms with Crippen LogP contribution in [0.25, 0.3) is 0 Å². The Kier molecular flexibility index (Phi) is 5.35. The monoisotopic (exact) mass is 287 g/mol. The molecule has 7 heteroatoms. The first-order valence-electron chi connectivity index (χ1n) is 6.65. The molecule has 1 rings (SSSR count). The van der Waals surface area contributed by atoms with Crippen LogP contribution in [0.4, 0.5) is 4.79 Å². The molecule has 0 aromatic rings. The molecular formula is C13H25N3O4. The van der Waals surface area contributed by atoms with Crippen molar-refractivity contribution in [1.29, 1.82) is 0 Å². The third-order valence-corrected chi connectivity index (χ3v) is 4.07. The van der Waals surface area contributed by atoms with Gasteiger partial charge in [0.05, 0.1) is 19.3 Å². The molecule has 1 aliphatic rings. The van der Waals surface area contributed by atoms with Crippen molar-refractivity contribution in [3.05, 3.63) is 0 Å². The molecule has 0 aromatic carbocycles. The van der Waals surface area contributed by atoms with Crippen LogP contribution in [-0.4, -0.2) is 79.4 Å². The summed E-state index contributed by atoms with van der Waals surface area (Å²) in [5.74, 6) is -1.59. The van der Waals surface area contributed by atoms with E-state index < -0.39 is 17.9 Å². The van der Waals surface area contributed by atoms with Gasteiger partial charge >= 0.3 is 12.0 Å². The van der Waals surface area contributed by atoms with Crippen LogP contribution in [0.1, 0.15) is 13.8 Å². The van der Waals surface area contributed by atoms with Gasteiger partial charge in [0.1, 0.15) is 5.92 Å². The highest BCUT2D eigenvalue weighted by Gasteiger charge is 2.38. The number of amides is 2. The van der Waals surface area contributed by atoms with Crippen molar-refractivity contribution in [1.82, 2.24) is 15.1 Å². The summed E-state index contributed by atoms with van der Waals surface area (Å²) >= 11 is 0. The third kappa shape index (κ3) is 3.83. The van der Waals surface area contributed by atoms with Gasteiger partial charge < -0.3 is 25.0 Å². The lowest BCUT2D eigenvalue weighted by Crippen LogP contribution is -2.53. The Hall–Kier alpha value is -1.34. The Balaban J connectivity index is 2.57. The fourth-order valence-electron chi connectivity index (χ4n) is 1.89. The van der Waals surface area contributed by atoms with Gasteiger partial charge in [-0.15, -0.1) is 0 Å². The minimum atomic E-state index is -0.930. The number of rotatable bonds is 5. The second-order valence-electron chi connectivity index (χ2n) is 6.03. The van der Waals surface area contributed by atoms with Crippen molar-refractivity contribution in [2.75, 3.05) is 40.9 Å². The largest absolute Gasteiger partial charge is 0.481 e. The highest BCUT2D eigenvalue weighted by molar-refractivity contribution is 5.77. The molecule has 1 saturated heterocycles. The molecule has 0 aliphatic carbocycles. The fourth-order valence-corrected chi connectivity index (χ4v) is 1.89. The van der Waals surface area contributed by atoms with Crippen molar-refractivity contribution in [2.24, 2.45) is 5.92 Å². The lowest BCUT2D eigenvalue weighted by Gasteiger charge is -2.34. The van der Waals surface area contributed by atoms with Crippen LogP contribution in [0.2, 0.25) is 0 Å². The molecule has 1 fully saturated rings. The molecule has 2 N–H and O–H groups in total. The van der Waals surface area contributed by atoms with Crippen LogP contribution < -0.4 is 5.32 Å². The predicted molar refractivity (Wildman–Crippen MR) is 74.7 cm³/mol. The van der Waals surface area contributed by atoms with Crippen molar-refractivity contribution in [3.8, 4) is 0 Å². The van der Waals surface area contributed by atoms with Gasteiger partial charge in [0.15, 0.2) is 0 Å². The number of aliphatic carboxylic acids is 1. The third-order valence-electron chi connectivity index (χ3n) is 4.07. The number of nitrogens with zero attached hydrogens (tertiary/aromatic N) is 2. The van der Waals surface area contributed by atoms with Gasteiger partial charge in [-0.3, -0.25) is 4.79 Å². The van der Waals surface area contributed by atoms with E-state index >= 15 is 0 Å². The van der Waals surface area contributed by atoms with Crippen molar-refractivity contribution in [2.45, 2.75) is 25.4 Å². The van der Waals surface area contributed by atoms with E-state index in [1.54, 1.807) is 7.05 Å². The summed E-state index contributed by atoms with van der Waals surface area (Å²) in [7, 11) is 5.50. The number of urea groups is 1.